The first kappa shape index (κ1) is 15.3. The molecule has 0 bridgehead atoms. The molecule has 0 spiro atoms. The molecular weight excluding hydrogens is 280 g/mol. The van der Waals surface area contributed by atoms with Crippen molar-refractivity contribution in [2.24, 2.45) is 11.7 Å². The molecule has 20 heavy (non-hydrogen) atoms. The zero-order valence-electron chi connectivity index (χ0n) is 11.5. The lowest BCUT2D eigenvalue weighted by molar-refractivity contribution is 0.266. The molecule has 1 saturated heterocycles. The van der Waals surface area contributed by atoms with Crippen LogP contribution in [-0.4, -0.2) is 41.1 Å². The van der Waals surface area contributed by atoms with Crippen LogP contribution in [0.25, 0.3) is 0 Å². The lowest BCUT2D eigenvalue weighted by Gasteiger charge is -2.33. The fourth-order valence-electron chi connectivity index (χ4n) is 2.63. The van der Waals surface area contributed by atoms with Crippen molar-refractivity contribution in [3.05, 3.63) is 21.6 Å². The summed E-state index contributed by atoms with van der Waals surface area (Å²) in [7, 11) is 0. The highest BCUT2D eigenvalue weighted by molar-refractivity contribution is 6.33. The maximum Gasteiger partial charge on any atom is 0.287 e. The Morgan fingerprint density at radius 2 is 2.15 bits per heavy atom. The monoisotopic (exact) mass is 300 g/mol. The summed E-state index contributed by atoms with van der Waals surface area (Å²) in [5.41, 5.74) is 5.93. The number of aromatic nitrogens is 2. The van der Waals surface area contributed by atoms with Crippen LogP contribution in [0.15, 0.2) is 11.0 Å². The van der Waals surface area contributed by atoms with E-state index >= 15 is 0 Å². The molecule has 0 saturated carbocycles. The van der Waals surface area contributed by atoms with E-state index in [4.69, 9.17) is 22.4 Å². The van der Waals surface area contributed by atoms with Gasteiger partial charge in [0.25, 0.3) is 5.56 Å². The third kappa shape index (κ3) is 3.31. The molecule has 1 fully saturated rings. The molecule has 0 radical (unpaired) electrons. The van der Waals surface area contributed by atoms with Crippen molar-refractivity contribution < 1.29 is 5.11 Å². The Bertz CT molecular complexity index is 498. The van der Waals surface area contributed by atoms with E-state index in [1.807, 2.05) is 0 Å². The molecule has 2 heterocycles. The molecule has 112 valence electrons. The fraction of sp³-hybridized carbons (Fsp3) is 0.692. The lowest BCUT2D eigenvalue weighted by atomic mass is 9.93. The molecule has 0 amide bonds. The summed E-state index contributed by atoms with van der Waals surface area (Å²) in [6, 6.07) is 0. The van der Waals surface area contributed by atoms with Gasteiger partial charge in [-0.05, 0) is 31.7 Å². The molecule has 1 aliphatic heterocycles. The van der Waals surface area contributed by atoms with Crippen molar-refractivity contribution in [2.75, 3.05) is 31.1 Å². The molecule has 0 atom stereocenters. The Labute approximate surface area is 123 Å². The molecule has 2 rings (SSSR count). The molecule has 1 aromatic heterocycles. The topological polar surface area (TPSA) is 84.4 Å². The normalized spacial score (nSPS) is 16.6. The van der Waals surface area contributed by atoms with Crippen molar-refractivity contribution in [2.45, 2.75) is 25.8 Å². The third-order valence-corrected chi connectivity index (χ3v) is 4.16. The summed E-state index contributed by atoms with van der Waals surface area (Å²) in [5, 5.41) is 13.1. The summed E-state index contributed by atoms with van der Waals surface area (Å²) in [6.07, 6.45) is 4.79. The van der Waals surface area contributed by atoms with Gasteiger partial charge >= 0.3 is 0 Å². The smallest absolute Gasteiger partial charge is 0.287 e. The van der Waals surface area contributed by atoms with Gasteiger partial charge in [-0.2, -0.15) is 5.10 Å². The van der Waals surface area contributed by atoms with Gasteiger partial charge in [-0.15, -0.1) is 0 Å². The van der Waals surface area contributed by atoms with Crippen LogP contribution in [-0.2, 0) is 6.54 Å². The molecule has 6 nitrogen and oxygen atoms in total. The molecule has 0 aliphatic carbocycles. The Kier molecular flexibility index (Phi) is 5.39. The van der Waals surface area contributed by atoms with Gasteiger partial charge in [0.2, 0.25) is 0 Å². The average Bonchev–Trinajstić information content (AvgIpc) is 2.46. The first-order chi connectivity index (χ1) is 9.67. The number of rotatable bonds is 5. The quantitative estimate of drug-likeness (QED) is 0.825. The minimum Gasteiger partial charge on any atom is -0.394 e. The molecule has 0 unspecified atom stereocenters. The van der Waals surface area contributed by atoms with Gasteiger partial charge in [-0.1, -0.05) is 11.6 Å². The molecule has 7 heteroatoms. The number of hydrogen-bond acceptors (Lipinski definition) is 5. The molecule has 0 aromatic carbocycles. The van der Waals surface area contributed by atoms with Gasteiger partial charge < -0.3 is 15.7 Å². The Morgan fingerprint density at radius 3 is 2.75 bits per heavy atom. The van der Waals surface area contributed by atoms with Crippen LogP contribution in [0, 0.1) is 5.92 Å². The van der Waals surface area contributed by atoms with Crippen molar-refractivity contribution >= 4 is 17.3 Å². The maximum absolute atomic E-state index is 12.0. The second-order valence-corrected chi connectivity index (χ2v) is 5.48. The fourth-order valence-corrected chi connectivity index (χ4v) is 2.89. The van der Waals surface area contributed by atoms with Crippen LogP contribution >= 0.6 is 11.6 Å². The summed E-state index contributed by atoms with van der Waals surface area (Å²) in [6.45, 7) is 2.50. The van der Waals surface area contributed by atoms with Gasteiger partial charge in [-0.3, -0.25) is 4.79 Å². The van der Waals surface area contributed by atoms with Crippen molar-refractivity contribution in [1.82, 2.24) is 9.78 Å². The highest BCUT2D eigenvalue weighted by Gasteiger charge is 2.22. The van der Waals surface area contributed by atoms with E-state index in [0.717, 1.165) is 38.9 Å². The molecule has 1 aromatic rings. The third-order valence-electron chi connectivity index (χ3n) is 3.81. The standard InChI is InChI=1S/C13H21ClN4O2/c14-12-11(9-16-18(7-8-19)13(12)20)17-5-2-10(1-4-15)3-6-17/h9-10,19H,1-8,15H2. The van der Waals surface area contributed by atoms with Crippen LogP contribution in [0.2, 0.25) is 5.02 Å². The number of nitrogens with zero attached hydrogens (tertiary/aromatic N) is 3. The largest absolute Gasteiger partial charge is 0.394 e. The van der Waals surface area contributed by atoms with E-state index in [0.29, 0.717) is 11.6 Å². The minimum atomic E-state index is -0.345. The van der Waals surface area contributed by atoms with Crippen molar-refractivity contribution in [3.8, 4) is 0 Å². The van der Waals surface area contributed by atoms with Gasteiger partial charge in [0.05, 0.1) is 25.0 Å². The van der Waals surface area contributed by atoms with Crippen LogP contribution in [0.3, 0.4) is 0 Å². The van der Waals surface area contributed by atoms with Crippen molar-refractivity contribution in [3.63, 3.8) is 0 Å². The Morgan fingerprint density at radius 1 is 1.45 bits per heavy atom. The Hall–Kier alpha value is -1.11. The van der Waals surface area contributed by atoms with Gasteiger partial charge in [0.15, 0.2) is 0 Å². The first-order valence-corrected chi connectivity index (χ1v) is 7.36. The van der Waals surface area contributed by atoms with Gasteiger partial charge in [0, 0.05) is 13.1 Å². The second kappa shape index (κ2) is 7.06. The number of hydrogen-bond donors (Lipinski definition) is 2. The summed E-state index contributed by atoms with van der Waals surface area (Å²) in [5.74, 6) is 0.665. The second-order valence-electron chi connectivity index (χ2n) is 5.10. The molecular formula is C13H21ClN4O2. The average molecular weight is 301 g/mol. The highest BCUT2D eigenvalue weighted by atomic mass is 35.5. The van der Waals surface area contributed by atoms with Gasteiger partial charge in [-0.25, -0.2) is 4.68 Å². The van der Waals surface area contributed by atoms with E-state index in [-0.39, 0.29) is 23.7 Å². The zero-order valence-corrected chi connectivity index (χ0v) is 12.2. The zero-order chi connectivity index (χ0) is 14.5. The summed E-state index contributed by atoms with van der Waals surface area (Å²) < 4.78 is 1.19. The number of halogens is 1. The SMILES string of the molecule is NCCC1CCN(c2cnn(CCO)c(=O)c2Cl)CC1. The summed E-state index contributed by atoms with van der Waals surface area (Å²) >= 11 is 6.15. The van der Waals surface area contributed by atoms with Crippen LogP contribution in [0.4, 0.5) is 5.69 Å². The highest BCUT2D eigenvalue weighted by Crippen LogP contribution is 2.27. The van der Waals surface area contributed by atoms with E-state index in [9.17, 15) is 4.79 Å². The molecule has 1 aliphatic rings. The number of nitrogens with two attached hydrogens (primary N) is 1. The number of aliphatic hydroxyl groups is 1. The van der Waals surface area contributed by atoms with Crippen LogP contribution < -0.4 is 16.2 Å². The van der Waals surface area contributed by atoms with Crippen molar-refractivity contribution in [1.29, 1.82) is 0 Å². The minimum absolute atomic E-state index is 0.132. The lowest BCUT2D eigenvalue weighted by Crippen LogP contribution is -2.36. The first-order valence-electron chi connectivity index (χ1n) is 6.99. The maximum atomic E-state index is 12.0. The van der Waals surface area contributed by atoms with E-state index < -0.39 is 0 Å². The predicted molar refractivity (Wildman–Crippen MR) is 79.2 cm³/mol. The Balaban J connectivity index is 2.11. The number of anilines is 1. The number of piperidine rings is 1. The number of aliphatic hydroxyl groups excluding tert-OH is 1. The summed E-state index contributed by atoms with van der Waals surface area (Å²) in [4.78, 5) is 14.1. The van der Waals surface area contributed by atoms with Crippen LogP contribution in [0.5, 0.6) is 0 Å². The van der Waals surface area contributed by atoms with Crippen LogP contribution in [0.1, 0.15) is 19.3 Å². The van der Waals surface area contributed by atoms with Gasteiger partial charge in [0.1, 0.15) is 5.02 Å². The van der Waals surface area contributed by atoms with E-state index in [1.54, 1.807) is 6.20 Å². The molecule has 3 N–H and O–H groups in total. The van der Waals surface area contributed by atoms with E-state index in [2.05, 4.69) is 10.00 Å². The van der Waals surface area contributed by atoms with E-state index in [1.165, 1.54) is 4.68 Å². The predicted octanol–water partition coefficient (Wildman–Crippen LogP) is 0.454.